The van der Waals surface area contributed by atoms with E-state index in [-0.39, 0.29) is 45.7 Å². The highest BCUT2D eigenvalue weighted by Crippen LogP contribution is 2.74. The van der Waals surface area contributed by atoms with E-state index in [4.69, 9.17) is 0 Å². The van der Waals surface area contributed by atoms with E-state index >= 15 is 0 Å². The Balaban J connectivity index is 2.26. The van der Waals surface area contributed by atoms with Gasteiger partial charge in [-0.2, -0.15) is 0 Å². The summed E-state index contributed by atoms with van der Waals surface area (Å²) >= 11 is 0. The molecule has 0 aliphatic heterocycles. The second-order valence-electron chi connectivity index (χ2n) is 9.75. The lowest BCUT2D eigenvalue weighted by Crippen LogP contribution is -2.45. The van der Waals surface area contributed by atoms with E-state index in [0.717, 1.165) is 47.9 Å². The van der Waals surface area contributed by atoms with Crippen LogP contribution in [0.5, 0.6) is 23.0 Å². The van der Waals surface area contributed by atoms with Crippen LogP contribution in [0.2, 0.25) is 0 Å². The molecule has 0 amide bonds. The Morgan fingerprint density at radius 1 is 0.613 bits per heavy atom. The van der Waals surface area contributed by atoms with Crippen molar-refractivity contribution in [3.05, 3.63) is 46.5 Å². The zero-order valence-corrected chi connectivity index (χ0v) is 19.6. The first-order chi connectivity index (χ1) is 14.6. The lowest BCUT2D eigenvalue weighted by atomic mass is 9.56. The molecular weight excluding hydrogens is 388 g/mol. The van der Waals surface area contributed by atoms with Crippen LogP contribution in [0.3, 0.4) is 0 Å². The van der Waals surface area contributed by atoms with E-state index in [2.05, 4.69) is 41.5 Å². The number of hydrogen-bond acceptors (Lipinski definition) is 4. The van der Waals surface area contributed by atoms with Crippen LogP contribution in [0.4, 0.5) is 0 Å². The van der Waals surface area contributed by atoms with Gasteiger partial charge in [0.1, 0.15) is 0 Å². The van der Waals surface area contributed by atoms with Crippen LogP contribution in [0.1, 0.15) is 89.5 Å². The van der Waals surface area contributed by atoms with Gasteiger partial charge in [-0.05, 0) is 71.6 Å². The highest BCUT2D eigenvalue weighted by atomic mass is 16.3. The van der Waals surface area contributed by atoms with Crippen molar-refractivity contribution >= 4 is 0 Å². The Morgan fingerprint density at radius 2 is 0.935 bits per heavy atom. The second kappa shape index (κ2) is 6.82. The average molecular weight is 425 g/mol. The normalized spacial score (nSPS) is 27.4. The third kappa shape index (κ3) is 2.16. The summed E-state index contributed by atoms with van der Waals surface area (Å²) in [6, 6.07) is 7.12. The summed E-state index contributed by atoms with van der Waals surface area (Å²) in [7, 11) is 0. The van der Waals surface area contributed by atoms with Gasteiger partial charge in [-0.25, -0.2) is 0 Å². The van der Waals surface area contributed by atoms with Gasteiger partial charge in [0.15, 0.2) is 23.0 Å². The first-order valence-electron chi connectivity index (χ1n) is 11.8. The molecule has 1 spiro atoms. The molecule has 2 aliphatic carbocycles. The highest BCUT2D eigenvalue weighted by molar-refractivity contribution is 5.72. The molecule has 2 unspecified atom stereocenters. The molecule has 2 aromatic carbocycles. The molecule has 4 nitrogen and oxygen atoms in total. The summed E-state index contributed by atoms with van der Waals surface area (Å²) in [4.78, 5) is 0. The Kier molecular flexibility index (Phi) is 4.81. The van der Waals surface area contributed by atoms with Crippen molar-refractivity contribution in [2.45, 2.75) is 83.5 Å². The molecule has 0 fully saturated rings. The molecule has 2 aliphatic rings. The third-order valence-electron chi connectivity index (χ3n) is 9.76. The quantitative estimate of drug-likeness (QED) is 0.440. The van der Waals surface area contributed by atoms with Crippen molar-refractivity contribution in [1.82, 2.24) is 0 Å². The monoisotopic (exact) mass is 424 g/mol. The van der Waals surface area contributed by atoms with Gasteiger partial charge < -0.3 is 20.4 Å². The first kappa shape index (κ1) is 21.9. The van der Waals surface area contributed by atoms with Crippen LogP contribution < -0.4 is 0 Å². The fourth-order valence-corrected chi connectivity index (χ4v) is 8.02. The predicted octanol–water partition coefficient (Wildman–Crippen LogP) is 6.21. The Labute approximate surface area is 185 Å². The van der Waals surface area contributed by atoms with Crippen LogP contribution in [0, 0.1) is 11.8 Å². The van der Waals surface area contributed by atoms with Crippen LogP contribution in [0.15, 0.2) is 24.3 Å². The minimum absolute atomic E-state index is 0.0547. The van der Waals surface area contributed by atoms with Crippen LogP contribution >= 0.6 is 0 Å². The maximum atomic E-state index is 11.3. The maximum absolute atomic E-state index is 11.3. The number of hydrogen-bond donors (Lipinski definition) is 4. The van der Waals surface area contributed by atoms with E-state index in [1.54, 1.807) is 12.1 Å². The Bertz CT molecular complexity index is 947. The fraction of sp³-hybridized carbons (Fsp3) is 0.556. The molecule has 4 N–H and O–H groups in total. The van der Waals surface area contributed by atoms with Crippen molar-refractivity contribution < 1.29 is 20.4 Å². The van der Waals surface area contributed by atoms with Gasteiger partial charge in [0.2, 0.25) is 0 Å². The number of aromatic hydroxyl groups is 4. The number of rotatable bonds is 4. The summed E-state index contributed by atoms with van der Waals surface area (Å²) in [5.74, 6) is -0.328. The number of fused-ring (bicyclic) bond motifs is 4. The summed E-state index contributed by atoms with van der Waals surface area (Å²) < 4.78 is 0. The Hall–Kier alpha value is -2.36. The van der Waals surface area contributed by atoms with E-state index < -0.39 is 5.41 Å². The van der Waals surface area contributed by atoms with E-state index in [1.807, 2.05) is 12.1 Å². The smallest absolute Gasteiger partial charge is 0.161 e. The van der Waals surface area contributed by atoms with Gasteiger partial charge in [0.05, 0.1) is 0 Å². The molecule has 2 aromatic rings. The lowest BCUT2D eigenvalue weighted by molar-refractivity contribution is 0.126. The van der Waals surface area contributed by atoms with Crippen molar-refractivity contribution in [2.24, 2.45) is 11.8 Å². The highest BCUT2D eigenvalue weighted by Gasteiger charge is 2.69. The Morgan fingerprint density at radius 3 is 1.23 bits per heavy atom. The van der Waals surface area contributed by atoms with Crippen molar-refractivity contribution in [2.75, 3.05) is 0 Å². The summed E-state index contributed by atoms with van der Waals surface area (Å²) in [5, 5.41) is 43.8. The molecule has 0 radical (unpaired) electrons. The van der Waals surface area contributed by atoms with Crippen LogP contribution in [0.25, 0.3) is 0 Å². The van der Waals surface area contributed by atoms with Gasteiger partial charge in [-0.15, -0.1) is 0 Å². The molecular formula is C27H36O4. The molecule has 0 aromatic heterocycles. The SMILES string of the molecule is CCC1(CC)c2ccc(O)c(O)c2C2(c3c(ccc(O)c3O)C(CC)(CC)C2C)C1C. The number of benzene rings is 2. The van der Waals surface area contributed by atoms with Crippen LogP contribution in [-0.2, 0) is 16.2 Å². The molecule has 2 atom stereocenters. The van der Waals surface area contributed by atoms with Gasteiger partial charge in [0, 0.05) is 16.5 Å². The minimum atomic E-state index is -0.714. The van der Waals surface area contributed by atoms with Crippen molar-refractivity contribution in [3.63, 3.8) is 0 Å². The minimum Gasteiger partial charge on any atom is -0.504 e. The molecule has 0 bridgehead atoms. The largest absolute Gasteiger partial charge is 0.504 e. The van der Waals surface area contributed by atoms with Gasteiger partial charge >= 0.3 is 0 Å². The standard InChI is InChI=1S/C27H36O4/c1-7-25(8-2)15(5)27(21-17(25)11-13-19(28)23(21)30)16(6)26(9-3,10-4)18-12-14-20(29)24(31)22(18)27/h11-16,28-31H,7-10H2,1-6H3. The molecule has 0 saturated heterocycles. The van der Waals surface area contributed by atoms with Crippen molar-refractivity contribution in [1.29, 1.82) is 0 Å². The fourth-order valence-electron chi connectivity index (χ4n) is 8.02. The third-order valence-corrected chi connectivity index (χ3v) is 9.76. The van der Waals surface area contributed by atoms with Crippen LogP contribution in [-0.4, -0.2) is 20.4 Å². The summed E-state index contributed by atoms with van der Waals surface area (Å²) in [6.45, 7) is 13.2. The molecule has 4 heteroatoms. The van der Waals surface area contributed by atoms with Gasteiger partial charge in [-0.1, -0.05) is 53.7 Å². The van der Waals surface area contributed by atoms with E-state index in [9.17, 15) is 20.4 Å². The molecule has 168 valence electrons. The topological polar surface area (TPSA) is 80.9 Å². The van der Waals surface area contributed by atoms with Gasteiger partial charge in [-0.3, -0.25) is 0 Å². The van der Waals surface area contributed by atoms with E-state index in [1.165, 1.54) is 0 Å². The lowest BCUT2D eigenvalue weighted by Gasteiger charge is -2.46. The van der Waals surface area contributed by atoms with Crippen molar-refractivity contribution in [3.8, 4) is 23.0 Å². The zero-order valence-electron chi connectivity index (χ0n) is 19.6. The zero-order chi connectivity index (χ0) is 22.9. The molecule has 31 heavy (non-hydrogen) atoms. The first-order valence-corrected chi connectivity index (χ1v) is 11.8. The van der Waals surface area contributed by atoms with Gasteiger partial charge in [0.25, 0.3) is 0 Å². The number of phenolic OH excluding ortho intramolecular Hbond substituents is 4. The molecule has 4 rings (SSSR count). The number of phenols is 4. The summed E-state index contributed by atoms with van der Waals surface area (Å²) in [5.41, 5.74) is 2.47. The summed E-state index contributed by atoms with van der Waals surface area (Å²) in [6.07, 6.45) is 3.54. The molecule has 0 heterocycles. The molecule has 0 saturated carbocycles. The average Bonchev–Trinajstić information content (AvgIpc) is 3.13. The predicted molar refractivity (Wildman–Crippen MR) is 123 cm³/mol. The van der Waals surface area contributed by atoms with E-state index in [0.29, 0.717) is 0 Å². The maximum Gasteiger partial charge on any atom is 0.161 e. The second-order valence-corrected chi connectivity index (χ2v) is 9.75.